The zero-order valence-corrected chi connectivity index (χ0v) is 11.9. The summed E-state index contributed by atoms with van der Waals surface area (Å²) in [6, 6.07) is 4.26. The molecule has 0 heterocycles. The van der Waals surface area contributed by atoms with Crippen molar-refractivity contribution in [2.45, 2.75) is 13.3 Å². The highest BCUT2D eigenvalue weighted by molar-refractivity contribution is 9.10. The number of alkyl halides is 1. The summed E-state index contributed by atoms with van der Waals surface area (Å²) in [5.74, 6) is -0.0946. The molecule has 17 heavy (non-hydrogen) atoms. The summed E-state index contributed by atoms with van der Waals surface area (Å²) in [7, 11) is 0. The first kappa shape index (κ1) is 14.5. The lowest BCUT2D eigenvalue weighted by Crippen LogP contribution is -2.33. The molecule has 0 N–H and O–H groups in total. The van der Waals surface area contributed by atoms with E-state index in [1.165, 1.54) is 18.2 Å². The molecule has 0 fully saturated rings. The minimum absolute atomic E-state index is 0.117. The van der Waals surface area contributed by atoms with Gasteiger partial charge in [0.25, 0.3) is 5.91 Å². The number of amides is 1. The molecule has 0 atom stereocenters. The summed E-state index contributed by atoms with van der Waals surface area (Å²) in [4.78, 5) is 13.8. The Bertz CT molecular complexity index is 394. The van der Waals surface area contributed by atoms with Crippen LogP contribution in [0.3, 0.4) is 0 Å². The molecule has 1 aromatic carbocycles. The van der Waals surface area contributed by atoms with Gasteiger partial charge in [-0.1, -0.05) is 6.92 Å². The third-order valence-corrected chi connectivity index (χ3v) is 3.08. The first-order chi connectivity index (χ1) is 8.10. The molecule has 0 spiro atoms. The maximum Gasteiger partial charge on any atom is 0.253 e. The van der Waals surface area contributed by atoms with E-state index in [0.29, 0.717) is 29.0 Å². The highest BCUT2D eigenvalue weighted by atomic mass is 79.9. The van der Waals surface area contributed by atoms with Crippen LogP contribution in [-0.2, 0) is 0 Å². The number of hydrogen-bond acceptors (Lipinski definition) is 1. The van der Waals surface area contributed by atoms with Crippen LogP contribution in [0.5, 0.6) is 0 Å². The molecule has 0 saturated carbocycles. The zero-order valence-electron chi connectivity index (χ0n) is 9.55. The topological polar surface area (TPSA) is 20.3 Å². The van der Waals surface area contributed by atoms with E-state index in [9.17, 15) is 9.18 Å². The lowest BCUT2D eigenvalue weighted by atomic mass is 10.2. The summed E-state index contributed by atoms with van der Waals surface area (Å²) < 4.78 is 13.4. The Balaban J connectivity index is 2.88. The third-order valence-electron chi connectivity index (χ3n) is 2.30. The minimum atomic E-state index is -0.374. The van der Waals surface area contributed by atoms with Gasteiger partial charge in [-0.25, -0.2) is 4.39 Å². The molecule has 0 aliphatic carbocycles. The van der Waals surface area contributed by atoms with Crippen molar-refractivity contribution in [3.05, 3.63) is 34.1 Å². The van der Waals surface area contributed by atoms with Gasteiger partial charge in [-0.2, -0.15) is 0 Å². The lowest BCUT2D eigenvalue weighted by Gasteiger charge is -2.21. The Morgan fingerprint density at radius 2 is 2.18 bits per heavy atom. The number of halogens is 3. The lowest BCUT2D eigenvalue weighted by molar-refractivity contribution is 0.0765. The van der Waals surface area contributed by atoms with E-state index in [1.807, 2.05) is 6.92 Å². The van der Waals surface area contributed by atoms with Crippen molar-refractivity contribution in [3.8, 4) is 0 Å². The second-order valence-electron chi connectivity index (χ2n) is 3.61. The van der Waals surface area contributed by atoms with Crippen LogP contribution < -0.4 is 0 Å². The van der Waals surface area contributed by atoms with Gasteiger partial charge in [0.15, 0.2) is 0 Å². The van der Waals surface area contributed by atoms with Crippen LogP contribution in [0.2, 0.25) is 0 Å². The summed E-state index contributed by atoms with van der Waals surface area (Å²) in [5.41, 5.74) is 0.469. The Kier molecular flexibility index (Phi) is 5.92. The van der Waals surface area contributed by atoms with Gasteiger partial charge in [0.2, 0.25) is 0 Å². The van der Waals surface area contributed by atoms with Crippen molar-refractivity contribution in [1.29, 1.82) is 0 Å². The maximum absolute atomic E-state index is 13.1. The van der Waals surface area contributed by atoms with E-state index >= 15 is 0 Å². The smallest absolute Gasteiger partial charge is 0.253 e. The van der Waals surface area contributed by atoms with Crippen LogP contribution in [0.25, 0.3) is 0 Å². The maximum atomic E-state index is 13.1. The second kappa shape index (κ2) is 6.97. The molecule has 0 aromatic heterocycles. The number of benzene rings is 1. The Morgan fingerprint density at radius 3 is 2.71 bits per heavy atom. The molecule has 1 amide bonds. The molecule has 0 saturated heterocycles. The van der Waals surface area contributed by atoms with E-state index in [0.717, 1.165) is 6.42 Å². The normalized spacial score (nSPS) is 10.4. The standard InChI is InChI=1S/C12H14BrClFNO/c1-2-6-16(7-5-14)12(17)9-3-4-11(15)10(13)8-9/h3-4,8H,2,5-7H2,1H3. The fourth-order valence-corrected chi connectivity index (χ4v) is 2.08. The predicted molar refractivity (Wildman–Crippen MR) is 71.0 cm³/mol. The Morgan fingerprint density at radius 1 is 1.47 bits per heavy atom. The molecule has 2 nitrogen and oxygen atoms in total. The Hall–Kier alpha value is -0.610. The van der Waals surface area contributed by atoms with Crippen molar-refractivity contribution >= 4 is 33.4 Å². The SMILES string of the molecule is CCCN(CCCl)C(=O)c1ccc(F)c(Br)c1. The van der Waals surface area contributed by atoms with Crippen molar-refractivity contribution < 1.29 is 9.18 Å². The number of carbonyl (C=O) groups excluding carboxylic acids is 1. The molecule has 0 bridgehead atoms. The molecular formula is C12H14BrClFNO. The molecule has 0 aliphatic heterocycles. The molecule has 0 aliphatic rings. The van der Waals surface area contributed by atoms with E-state index < -0.39 is 0 Å². The monoisotopic (exact) mass is 321 g/mol. The molecule has 5 heteroatoms. The van der Waals surface area contributed by atoms with Crippen molar-refractivity contribution in [3.63, 3.8) is 0 Å². The van der Waals surface area contributed by atoms with Gasteiger partial charge >= 0.3 is 0 Å². The van der Waals surface area contributed by atoms with Crippen LogP contribution in [-0.4, -0.2) is 29.8 Å². The largest absolute Gasteiger partial charge is 0.337 e. The van der Waals surface area contributed by atoms with E-state index in [1.54, 1.807) is 4.90 Å². The number of carbonyl (C=O) groups is 1. The average molecular weight is 323 g/mol. The van der Waals surface area contributed by atoms with Gasteiger partial charge in [-0.15, -0.1) is 11.6 Å². The summed E-state index contributed by atoms with van der Waals surface area (Å²) in [6.45, 7) is 3.15. The van der Waals surface area contributed by atoms with Gasteiger partial charge in [0.1, 0.15) is 5.82 Å². The van der Waals surface area contributed by atoms with Crippen LogP contribution >= 0.6 is 27.5 Å². The summed E-state index contributed by atoms with van der Waals surface area (Å²) in [5, 5.41) is 0. The predicted octanol–water partition coefficient (Wildman–Crippen LogP) is 3.68. The third kappa shape index (κ3) is 3.96. The first-order valence-corrected chi connectivity index (χ1v) is 6.73. The highest BCUT2D eigenvalue weighted by Crippen LogP contribution is 2.18. The molecule has 1 aromatic rings. The number of hydrogen-bond donors (Lipinski definition) is 0. The molecule has 94 valence electrons. The summed E-state index contributed by atoms with van der Waals surface area (Å²) in [6.07, 6.45) is 0.866. The van der Waals surface area contributed by atoms with Crippen molar-refractivity contribution in [2.24, 2.45) is 0 Å². The van der Waals surface area contributed by atoms with Crippen LogP contribution in [0.1, 0.15) is 23.7 Å². The van der Waals surface area contributed by atoms with Gasteiger partial charge in [0.05, 0.1) is 4.47 Å². The van der Waals surface area contributed by atoms with Crippen molar-refractivity contribution in [2.75, 3.05) is 19.0 Å². The van der Waals surface area contributed by atoms with Gasteiger partial charge in [-0.05, 0) is 40.5 Å². The zero-order chi connectivity index (χ0) is 12.8. The second-order valence-corrected chi connectivity index (χ2v) is 4.84. The van der Waals surface area contributed by atoms with Gasteiger partial charge in [-0.3, -0.25) is 4.79 Å². The average Bonchev–Trinajstić information content (AvgIpc) is 2.31. The van der Waals surface area contributed by atoms with Crippen molar-refractivity contribution in [1.82, 2.24) is 4.90 Å². The molecule has 0 radical (unpaired) electrons. The van der Waals surface area contributed by atoms with Gasteiger partial charge in [0, 0.05) is 24.5 Å². The first-order valence-electron chi connectivity index (χ1n) is 5.40. The molecule has 0 unspecified atom stereocenters. The van der Waals surface area contributed by atoms with E-state index in [4.69, 9.17) is 11.6 Å². The van der Waals surface area contributed by atoms with Crippen LogP contribution in [0.15, 0.2) is 22.7 Å². The van der Waals surface area contributed by atoms with E-state index in [-0.39, 0.29) is 11.7 Å². The quantitative estimate of drug-likeness (QED) is 0.757. The number of nitrogens with zero attached hydrogens (tertiary/aromatic N) is 1. The highest BCUT2D eigenvalue weighted by Gasteiger charge is 2.15. The van der Waals surface area contributed by atoms with Crippen LogP contribution in [0, 0.1) is 5.82 Å². The fourth-order valence-electron chi connectivity index (χ4n) is 1.50. The molecular weight excluding hydrogens is 308 g/mol. The minimum Gasteiger partial charge on any atom is -0.337 e. The summed E-state index contributed by atoms with van der Waals surface area (Å²) >= 11 is 8.73. The van der Waals surface area contributed by atoms with E-state index in [2.05, 4.69) is 15.9 Å². The fraction of sp³-hybridized carbons (Fsp3) is 0.417. The Labute approximate surface area is 114 Å². The number of rotatable bonds is 5. The van der Waals surface area contributed by atoms with Gasteiger partial charge < -0.3 is 4.90 Å². The van der Waals surface area contributed by atoms with Crippen LogP contribution in [0.4, 0.5) is 4.39 Å². The molecule has 1 rings (SSSR count).